The van der Waals surface area contributed by atoms with Crippen molar-refractivity contribution < 1.29 is 14.3 Å². The van der Waals surface area contributed by atoms with Crippen molar-refractivity contribution in [2.75, 3.05) is 18.4 Å². The summed E-state index contributed by atoms with van der Waals surface area (Å²) in [4.78, 5) is 31.7. The zero-order chi connectivity index (χ0) is 31.8. The van der Waals surface area contributed by atoms with E-state index in [1.165, 1.54) is 6.07 Å². The number of fused-ring (bicyclic) bond motifs is 2. The number of likely N-dealkylation sites (tertiary alicyclic amines) is 1. The Bertz CT molecular complexity index is 2040. The van der Waals surface area contributed by atoms with Gasteiger partial charge in [-0.15, -0.1) is 0 Å². The second kappa shape index (κ2) is 12.4. The number of hydrogen-bond donors (Lipinski definition) is 4. The minimum absolute atomic E-state index is 0.0440. The Morgan fingerprint density at radius 2 is 1.83 bits per heavy atom. The normalized spacial score (nSPS) is 14.5. The average molecular weight is 619 g/mol. The molecule has 0 radical (unpaired) electrons. The predicted molar refractivity (Wildman–Crippen MR) is 176 cm³/mol. The maximum absolute atomic E-state index is 14.9. The molecule has 7 rings (SSSR count). The number of aromatic amines is 2. The largest absolute Gasteiger partial charge is 0.393 e. The quantitative estimate of drug-likeness (QED) is 0.157. The van der Waals surface area contributed by atoms with Gasteiger partial charge in [-0.3, -0.25) is 24.8 Å². The first kappa shape index (κ1) is 29.7. The summed E-state index contributed by atoms with van der Waals surface area (Å²) in [5, 5.41) is 21.3. The summed E-state index contributed by atoms with van der Waals surface area (Å²) >= 11 is 0. The third-order valence-electron chi connectivity index (χ3n) is 8.36. The number of carbonyl (C=O) groups is 1. The molecule has 1 fully saturated rings. The number of benzene rings is 2. The fourth-order valence-electron chi connectivity index (χ4n) is 6.11. The highest BCUT2D eigenvalue weighted by Crippen LogP contribution is 2.34. The van der Waals surface area contributed by atoms with Gasteiger partial charge in [0, 0.05) is 55.0 Å². The van der Waals surface area contributed by atoms with Crippen LogP contribution in [0.25, 0.3) is 55.7 Å². The molecule has 0 aliphatic carbocycles. The molecule has 4 N–H and O–H groups in total. The van der Waals surface area contributed by atoms with Gasteiger partial charge >= 0.3 is 0 Å². The van der Waals surface area contributed by atoms with Gasteiger partial charge < -0.3 is 15.4 Å². The molecule has 11 heteroatoms. The van der Waals surface area contributed by atoms with Crippen LogP contribution in [0.15, 0.2) is 67.3 Å². The molecule has 46 heavy (non-hydrogen) atoms. The zero-order valence-corrected chi connectivity index (χ0v) is 25.7. The number of nitrogens with one attached hydrogen (secondary N) is 3. The van der Waals surface area contributed by atoms with Crippen LogP contribution in [0, 0.1) is 11.7 Å². The van der Waals surface area contributed by atoms with Gasteiger partial charge in [0.15, 0.2) is 5.82 Å². The van der Waals surface area contributed by atoms with Crippen molar-refractivity contribution >= 4 is 33.5 Å². The number of pyridine rings is 2. The second-order valence-electron chi connectivity index (χ2n) is 12.5. The van der Waals surface area contributed by atoms with E-state index < -0.39 is 0 Å². The number of halogens is 1. The van der Waals surface area contributed by atoms with E-state index in [2.05, 4.69) is 35.4 Å². The third kappa shape index (κ3) is 6.24. The Morgan fingerprint density at radius 1 is 1.00 bits per heavy atom. The lowest BCUT2D eigenvalue weighted by atomic mass is 10.0. The van der Waals surface area contributed by atoms with Gasteiger partial charge in [-0.2, -0.15) is 5.10 Å². The van der Waals surface area contributed by atoms with Crippen LogP contribution in [0.3, 0.4) is 0 Å². The van der Waals surface area contributed by atoms with E-state index >= 15 is 0 Å². The summed E-state index contributed by atoms with van der Waals surface area (Å²) in [6, 6.07) is 12.9. The number of piperidine rings is 1. The van der Waals surface area contributed by atoms with E-state index in [1.54, 1.807) is 30.9 Å². The summed E-state index contributed by atoms with van der Waals surface area (Å²) < 4.78 is 14.9. The van der Waals surface area contributed by atoms with E-state index in [4.69, 9.17) is 4.98 Å². The number of amides is 1. The van der Waals surface area contributed by atoms with Crippen LogP contribution in [0.2, 0.25) is 0 Å². The number of H-pyrrole nitrogens is 2. The van der Waals surface area contributed by atoms with Crippen LogP contribution >= 0.6 is 0 Å². The lowest BCUT2D eigenvalue weighted by molar-refractivity contribution is -0.116. The molecular formula is C35H35FN8O2. The molecular weight excluding hydrogens is 583 g/mol. The van der Waals surface area contributed by atoms with E-state index in [9.17, 15) is 14.3 Å². The van der Waals surface area contributed by atoms with E-state index in [-0.39, 0.29) is 23.7 Å². The van der Waals surface area contributed by atoms with Crippen molar-refractivity contribution in [3.63, 3.8) is 0 Å². The van der Waals surface area contributed by atoms with Crippen molar-refractivity contribution in [2.24, 2.45) is 5.92 Å². The van der Waals surface area contributed by atoms with Crippen LogP contribution < -0.4 is 5.32 Å². The Hall–Kier alpha value is -5.00. The summed E-state index contributed by atoms with van der Waals surface area (Å²) in [6.45, 7) is 6.18. The Morgan fingerprint density at radius 3 is 2.65 bits per heavy atom. The van der Waals surface area contributed by atoms with Gasteiger partial charge in [-0.25, -0.2) is 9.37 Å². The molecule has 4 aromatic heterocycles. The number of rotatable bonds is 8. The van der Waals surface area contributed by atoms with Crippen LogP contribution in [0.1, 0.15) is 38.7 Å². The van der Waals surface area contributed by atoms with Gasteiger partial charge in [0.25, 0.3) is 0 Å². The maximum Gasteiger partial charge on any atom is 0.224 e. The van der Waals surface area contributed by atoms with Gasteiger partial charge in [-0.05, 0) is 71.8 Å². The summed E-state index contributed by atoms with van der Waals surface area (Å²) in [5.41, 5.74) is 7.56. The summed E-state index contributed by atoms with van der Waals surface area (Å²) in [5.74, 6) is 0.457. The number of imidazole rings is 1. The molecule has 1 amide bonds. The van der Waals surface area contributed by atoms with Crippen molar-refractivity contribution in [3.8, 4) is 33.8 Å². The van der Waals surface area contributed by atoms with Gasteiger partial charge in [0.05, 0.1) is 40.7 Å². The Balaban J connectivity index is 1.20. The smallest absolute Gasteiger partial charge is 0.224 e. The maximum atomic E-state index is 14.9. The molecule has 5 heterocycles. The minimum Gasteiger partial charge on any atom is -0.393 e. The first-order valence-corrected chi connectivity index (χ1v) is 15.6. The number of hydrogen-bond acceptors (Lipinski definition) is 7. The highest BCUT2D eigenvalue weighted by atomic mass is 19.1. The van der Waals surface area contributed by atoms with E-state index in [0.29, 0.717) is 46.8 Å². The average Bonchev–Trinajstić information content (AvgIpc) is 3.65. The van der Waals surface area contributed by atoms with Crippen molar-refractivity contribution in [1.82, 2.24) is 35.0 Å². The molecule has 0 atom stereocenters. The fourth-order valence-corrected chi connectivity index (χ4v) is 6.11. The molecule has 1 saturated heterocycles. The molecule has 1 aliphatic heterocycles. The number of aromatic nitrogens is 6. The predicted octanol–water partition coefficient (Wildman–Crippen LogP) is 6.31. The molecule has 0 bridgehead atoms. The summed E-state index contributed by atoms with van der Waals surface area (Å²) in [6.07, 6.45) is 8.46. The number of carbonyl (C=O) groups excluding carboxylic acids is 1. The molecule has 6 aromatic rings. The molecule has 0 saturated carbocycles. The topological polar surface area (TPSA) is 136 Å². The van der Waals surface area contributed by atoms with Gasteiger partial charge in [0.1, 0.15) is 11.5 Å². The molecule has 0 spiro atoms. The lowest BCUT2D eigenvalue weighted by Gasteiger charge is -2.29. The Labute approximate surface area is 265 Å². The third-order valence-corrected chi connectivity index (χ3v) is 8.36. The SMILES string of the molecule is CC(C)CC(=O)Nc1cncc(-c2ccc3[nH]nc(-c4nc5c(-c6cc(F)cc(CN7CCC(O)CC7)c6)cncc5[nH]4)c3c2)c1. The molecule has 234 valence electrons. The van der Waals surface area contributed by atoms with Crippen molar-refractivity contribution in [3.05, 3.63) is 78.6 Å². The van der Waals surface area contributed by atoms with Crippen molar-refractivity contribution in [1.29, 1.82) is 0 Å². The van der Waals surface area contributed by atoms with Crippen LogP contribution in [0.5, 0.6) is 0 Å². The van der Waals surface area contributed by atoms with Gasteiger partial charge in [0.2, 0.25) is 5.91 Å². The van der Waals surface area contributed by atoms with Gasteiger partial charge in [-0.1, -0.05) is 19.9 Å². The summed E-state index contributed by atoms with van der Waals surface area (Å²) in [7, 11) is 0. The standard InChI is InChI=1S/C35H35FN8O2/c1-20(2)9-32(46)39-26-13-24(15-37-16-26)22-3-4-30-28(14-22)34(43-42-30)35-40-31-18-38-17-29(33(31)41-35)23-10-21(11-25(36)12-23)19-44-7-5-27(45)6-8-44/h3-4,10-18,20,27,45H,5-9,19H2,1-2H3,(H,39,46)(H,40,41)(H,42,43). The van der Waals surface area contributed by atoms with E-state index in [1.807, 2.05) is 44.2 Å². The molecule has 10 nitrogen and oxygen atoms in total. The number of aliphatic hydroxyl groups is 1. The Kier molecular flexibility index (Phi) is 8.02. The van der Waals surface area contributed by atoms with Crippen LogP contribution in [0.4, 0.5) is 10.1 Å². The van der Waals surface area contributed by atoms with Crippen molar-refractivity contribution in [2.45, 2.75) is 45.8 Å². The number of anilines is 1. The highest BCUT2D eigenvalue weighted by Gasteiger charge is 2.20. The molecule has 0 unspecified atom stereocenters. The lowest BCUT2D eigenvalue weighted by Crippen LogP contribution is -2.35. The number of aliphatic hydroxyl groups excluding tert-OH is 1. The van der Waals surface area contributed by atoms with Crippen LogP contribution in [-0.2, 0) is 11.3 Å². The second-order valence-corrected chi connectivity index (χ2v) is 12.5. The zero-order valence-electron chi connectivity index (χ0n) is 25.7. The van der Waals surface area contributed by atoms with Crippen LogP contribution in [-0.4, -0.2) is 65.2 Å². The van der Waals surface area contributed by atoms with E-state index in [0.717, 1.165) is 59.1 Å². The highest BCUT2D eigenvalue weighted by molar-refractivity contribution is 5.98. The fraction of sp³-hybridized carbons (Fsp3) is 0.286. The monoisotopic (exact) mass is 618 g/mol. The first-order valence-electron chi connectivity index (χ1n) is 15.6. The first-order chi connectivity index (χ1) is 22.3. The molecule has 1 aliphatic rings. The molecule has 2 aromatic carbocycles. The number of nitrogens with zero attached hydrogens (tertiary/aromatic N) is 5. The minimum atomic E-state index is -0.318.